The number of hydrogen-bond acceptors (Lipinski definition) is 7. The number of hydrogen-bond donors (Lipinski definition) is 4. The van der Waals surface area contributed by atoms with Crippen molar-refractivity contribution in [1.82, 2.24) is 16.0 Å². The van der Waals surface area contributed by atoms with Crippen LogP contribution in [0.15, 0.2) is 54.6 Å². The third-order valence-corrected chi connectivity index (χ3v) is 4.36. The number of carbonyl (C=O) groups is 4. The normalized spacial score (nSPS) is 11.1. The molecular formula is C23H27N3O7. The molecule has 176 valence electrons. The van der Waals surface area contributed by atoms with Gasteiger partial charge in [-0.15, -0.1) is 0 Å². The number of alkyl carbamates (subject to hydrolysis) is 1. The Morgan fingerprint density at radius 1 is 0.879 bits per heavy atom. The van der Waals surface area contributed by atoms with Gasteiger partial charge in [0, 0.05) is 6.42 Å². The molecule has 10 nitrogen and oxygen atoms in total. The summed E-state index contributed by atoms with van der Waals surface area (Å²) in [6.07, 6.45) is -0.707. The van der Waals surface area contributed by atoms with Gasteiger partial charge in [0.15, 0.2) is 0 Å². The van der Waals surface area contributed by atoms with Crippen LogP contribution in [0.2, 0.25) is 0 Å². The van der Waals surface area contributed by atoms with E-state index in [4.69, 9.17) is 9.47 Å². The molecule has 0 radical (unpaired) electrons. The predicted molar refractivity (Wildman–Crippen MR) is 118 cm³/mol. The van der Waals surface area contributed by atoms with E-state index in [0.717, 1.165) is 5.56 Å². The van der Waals surface area contributed by atoms with E-state index in [1.54, 1.807) is 31.2 Å². The number of phenolic OH excluding ortho intramolecular Hbond substituents is 1. The van der Waals surface area contributed by atoms with E-state index in [-0.39, 0.29) is 31.9 Å². The van der Waals surface area contributed by atoms with Crippen molar-refractivity contribution in [2.75, 3.05) is 19.7 Å². The second-order valence-electron chi connectivity index (χ2n) is 6.93. The molecule has 0 heterocycles. The zero-order valence-electron chi connectivity index (χ0n) is 18.2. The summed E-state index contributed by atoms with van der Waals surface area (Å²) in [5.74, 6) is -1.74. The van der Waals surface area contributed by atoms with E-state index < -0.39 is 36.5 Å². The van der Waals surface area contributed by atoms with Crippen LogP contribution >= 0.6 is 0 Å². The molecule has 33 heavy (non-hydrogen) atoms. The van der Waals surface area contributed by atoms with Gasteiger partial charge in [-0.25, -0.2) is 4.79 Å². The third-order valence-electron chi connectivity index (χ3n) is 4.36. The zero-order chi connectivity index (χ0) is 24.1. The quantitative estimate of drug-likeness (QED) is 0.369. The number of phenols is 1. The third kappa shape index (κ3) is 9.72. The molecule has 0 unspecified atom stereocenters. The Bertz CT molecular complexity index is 933. The Labute approximate surface area is 191 Å². The average Bonchev–Trinajstić information content (AvgIpc) is 2.81. The van der Waals surface area contributed by atoms with Gasteiger partial charge < -0.3 is 30.5 Å². The molecule has 10 heteroatoms. The Morgan fingerprint density at radius 3 is 2.24 bits per heavy atom. The molecule has 4 N–H and O–H groups in total. The van der Waals surface area contributed by atoms with Crippen LogP contribution < -0.4 is 16.0 Å². The Morgan fingerprint density at radius 2 is 1.58 bits per heavy atom. The van der Waals surface area contributed by atoms with Crippen LogP contribution in [-0.4, -0.2) is 54.7 Å². The van der Waals surface area contributed by atoms with Crippen molar-refractivity contribution in [3.8, 4) is 5.75 Å². The van der Waals surface area contributed by atoms with Crippen molar-refractivity contribution in [2.45, 2.75) is 26.0 Å². The van der Waals surface area contributed by atoms with Crippen LogP contribution in [0.3, 0.4) is 0 Å². The molecule has 0 saturated heterocycles. The average molecular weight is 457 g/mol. The van der Waals surface area contributed by atoms with Crippen LogP contribution in [0.5, 0.6) is 5.75 Å². The lowest BCUT2D eigenvalue weighted by atomic mass is 10.1. The molecule has 0 aliphatic carbocycles. The summed E-state index contributed by atoms with van der Waals surface area (Å²) in [6, 6.07) is 14.1. The van der Waals surface area contributed by atoms with Gasteiger partial charge in [0.2, 0.25) is 11.8 Å². The van der Waals surface area contributed by atoms with Crippen molar-refractivity contribution in [3.05, 3.63) is 65.7 Å². The maximum Gasteiger partial charge on any atom is 0.408 e. The van der Waals surface area contributed by atoms with Gasteiger partial charge in [0.1, 0.15) is 24.9 Å². The molecule has 0 saturated carbocycles. The lowest BCUT2D eigenvalue weighted by Gasteiger charge is -2.18. The minimum atomic E-state index is -1.05. The number of benzene rings is 2. The first-order valence-corrected chi connectivity index (χ1v) is 10.3. The van der Waals surface area contributed by atoms with Gasteiger partial charge >= 0.3 is 12.1 Å². The number of rotatable bonds is 11. The maximum atomic E-state index is 12.7. The molecule has 0 fully saturated rings. The van der Waals surface area contributed by atoms with Crippen molar-refractivity contribution >= 4 is 23.9 Å². The lowest BCUT2D eigenvalue weighted by Crippen LogP contribution is -2.50. The van der Waals surface area contributed by atoms with Gasteiger partial charge in [-0.2, -0.15) is 0 Å². The number of amides is 3. The number of aromatic hydroxyl groups is 1. The topological polar surface area (TPSA) is 143 Å². The minimum absolute atomic E-state index is 0.0243. The highest BCUT2D eigenvalue weighted by Gasteiger charge is 2.23. The van der Waals surface area contributed by atoms with Crippen molar-refractivity contribution < 1.29 is 33.8 Å². The Balaban J connectivity index is 1.93. The predicted octanol–water partition coefficient (Wildman–Crippen LogP) is 1.03. The van der Waals surface area contributed by atoms with Gasteiger partial charge in [-0.3, -0.25) is 14.4 Å². The molecule has 2 rings (SSSR count). The number of nitrogens with one attached hydrogen (secondary N) is 3. The van der Waals surface area contributed by atoms with E-state index in [1.165, 1.54) is 12.1 Å². The number of carbonyl (C=O) groups excluding carboxylic acids is 4. The molecule has 0 spiro atoms. The van der Waals surface area contributed by atoms with Crippen LogP contribution in [0.25, 0.3) is 0 Å². The Kier molecular flexibility index (Phi) is 10.2. The van der Waals surface area contributed by atoms with E-state index in [1.807, 2.05) is 18.2 Å². The molecule has 0 aliphatic rings. The number of ether oxygens (including phenoxy) is 2. The highest BCUT2D eigenvalue weighted by atomic mass is 16.5. The first-order chi connectivity index (χ1) is 15.9. The molecule has 2 aromatic carbocycles. The first kappa shape index (κ1) is 25.2. The molecule has 3 amide bonds. The van der Waals surface area contributed by atoms with E-state index in [2.05, 4.69) is 16.0 Å². The minimum Gasteiger partial charge on any atom is -0.508 e. The molecule has 0 bridgehead atoms. The molecular weight excluding hydrogens is 430 g/mol. The molecule has 2 aromatic rings. The standard InChI is InChI=1S/C23H27N3O7/c1-2-32-21(29)14-24-20(28)13-25-22(30)19(12-16-8-10-18(27)11-9-16)26-23(31)33-15-17-6-4-3-5-7-17/h3-11,19,27H,2,12-15H2,1H3,(H,24,28)(H,25,30)(H,26,31)/t19-/m0/s1. The van der Waals surface area contributed by atoms with Crippen LogP contribution in [0.1, 0.15) is 18.1 Å². The van der Waals surface area contributed by atoms with Gasteiger partial charge in [0.05, 0.1) is 13.2 Å². The fraction of sp³-hybridized carbons (Fsp3) is 0.304. The summed E-state index contributed by atoms with van der Waals surface area (Å²) >= 11 is 0. The molecule has 1 atom stereocenters. The smallest absolute Gasteiger partial charge is 0.408 e. The van der Waals surface area contributed by atoms with E-state index >= 15 is 0 Å². The van der Waals surface area contributed by atoms with Crippen molar-refractivity contribution in [3.63, 3.8) is 0 Å². The van der Waals surface area contributed by atoms with Gasteiger partial charge in [-0.1, -0.05) is 42.5 Å². The zero-order valence-corrected chi connectivity index (χ0v) is 18.2. The van der Waals surface area contributed by atoms with Crippen LogP contribution in [0.4, 0.5) is 4.79 Å². The summed E-state index contributed by atoms with van der Waals surface area (Å²) < 4.78 is 9.89. The van der Waals surface area contributed by atoms with Gasteiger partial charge in [0.25, 0.3) is 0 Å². The SMILES string of the molecule is CCOC(=O)CNC(=O)CNC(=O)[C@H](Cc1ccc(O)cc1)NC(=O)OCc1ccccc1. The largest absolute Gasteiger partial charge is 0.508 e. The highest BCUT2D eigenvalue weighted by Crippen LogP contribution is 2.12. The maximum absolute atomic E-state index is 12.7. The summed E-state index contributed by atoms with van der Waals surface area (Å²) in [5.41, 5.74) is 1.45. The molecule has 0 aromatic heterocycles. The summed E-state index contributed by atoms with van der Waals surface area (Å²) in [6.45, 7) is 1.15. The van der Waals surface area contributed by atoms with Crippen LogP contribution in [-0.2, 0) is 36.9 Å². The van der Waals surface area contributed by atoms with Crippen molar-refractivity contribution in [2.24, 2.45) is 0 Å². The van der Waals surface area contributed by atoms with E-state index in [9.17, 15) is 24.3 Å². The first-order valence-electron chi connectivity index (χ1n) is 10.3. The molecule has 0 aliphatic heterocycles. The summed E-state index contributed by atoms with van der Waals surface area (Å²) in [7, 11) is 0. The highest BCUT2D eigenvalue weighted by molar-refractivity contribution is 5.90. The Hall–Kier alpha value is -4.08. The monoisotopic (exact) mass is 457 g/mol. The summed E-state index contributed by atoms with van der Waals surface area (Å²) in [4.78, 5) is 48.1. The second-order valence-corrected chi connectivity index (χ2v) is 6.93. The van der Waals surface area contributed by atoms with Gasteiger partial charge in [-0.05, 0) is 30.2 Å². The number of esters is 1. The fourth-order valence-electron chi connectivity index (χ4n) is 2.72. The van der Waals surface area contributed by atoms with Crippen molar-refractivity contribution in [1.29, 1.82) is 0 Å². The van der Waals surface area contributed by atoms with Crippen LogP contribution in [0, 0.1) is 0 Å². The second kappa shape index (κ2) is 13.4. The fourth-order valence-corrected chi connectivity index (χ4v) is 2.72. The summed E-state index contributed by atoms with van der Waals surface area (Å²) in [5, 5.41) is 16.7. The van der Waals surface area contributed by atoms with E-state index in [0.29, 0.717) is 5.56 Å². The lowest BCUT2D eigenvalue weighted by molar-refractivity contribution is -0.143.